The predicted octanol–water partition coefficient (Wildman–Crippen LogP) is 1.52. The third-order valence-corrected chi connectivity index (χ3v) is 10.1. The fraction of sp³-hybridized carbons (Fsp3) is 0.875. The molecule has 0 unspecified atom stereocenters. The van der Waals surface area contributed by atoms with Gasteiger partial charge in [0.15, 0.2) is 8.32 Å². The summed E-state index contributed by atoms with van der Waals surface area (Å²) < 4.78 is 38.6. The molecule has 1 amide bonds. The van der Waals surface area contributed by atoms with Crippen LogP contribution in [-0.2, 0) is 33.1 Å². The van der Waals surface area contributed by atoms with Crippen molar-refractivity contribution in [3.63, 3.8) is 0 Å². The first-order valence-corrected chi connectivity index (χ1v) is 13.3. The molecule has 0 aromatic rings. The first-order chi connectivity index (χ1) is 11.6. The normalized spacial score (nSPS) is 23.0. The minimum Gasteiger partial charge on any atom is -0.467 e. The average molecular weight is 410 g/mol. The molecule has 1 heterocycles. The largest absolute Gasteiger partial charge is 0.467 e. The molecular formula is C16H31NO7SSi. The number of nitrogens with zero attached hydrogens (tertiary/aromatic N) is 1. The number of esters is 1. The number of rotatable bonds is 6. The topological polar surface area (TPSA) is 99.2 Å². The highest BCUT2D eigenvalue weighted by Gasteiger charge is 2.45. The molecule has 10 heteroatoms. The molecule has 8 nitrogen and oxygen atoms in total. The molecule has 1 fully saturated rings. The summed E-state index contributed by atoms with van der Waals surface area (Å²) in [4.78, 5) is 26.3. The van der Waals surface area contributed by atoms with Crippen LogP contribution in [-0.4, -0.2) is 71.7 Å². The van der Waals surface area contributed by atoms with Gasteiger partial charge in [-0.3, -0.25) is 8.98 Å². The van der Waals surface area contributed by atoms with Crippen molar-refractivity contribution in [1.29, 1.82) is 0 Å². The second-order valence-electron chi connectivity index (χ2n) is 8.21. The third-order valence-electron chi connectivity index (χ3n) is 4.96. The summed E-state index contributed by atoms with van der Waals surface area (Å²) in [6.45, 7) is 11.9. The SMILES string of the molecule is COC(=O)[C@@H]1C[C@@H](OS(C)(=O)=O)CN1C(=O)[C@H](C)O[Si](C)(C)C(C)(C)C. The maximum Gasteiger partial charge on any atom is 0.328 e. The lowest BCUT2D eigenvalue weighted by Crippen LogP contribution is -2.51. The number of hydrogen-bond donors (Lipinski definition) is 0. The fourth-order valence-electron chi connectivity index (χ4n) is 2.62. The maximum atomic E-state index is 12.9. The van der Waals surface area contributed by atoms with E-state index in [-0.39, 0.29) is 23.9 Å². The van der Waals surface area contributed by atoms with Crippen molar-refractivity contribution < 1.29 is 31.4 Å². The average Bonchev–Trinajstić information content (AvgIpc) is 2.85. The van der Waals surface area contributed by atoms with Gasteiger partial charge in [-0.25, -0.2) is 4.79 Å². The Kier molecular flexibility index (Phi) is 7.05. The van der Waals surface area contributed by atoms with E-state index in [1.54, 1.807) is 6.92 Å². The molecule has 0 N–H and O–H groups in total. The van der Waals surface area contributed by atoms with Crippen LogP contribution in [0.5, 0.6) is 0 Å². The lowest BCUT2D eigenvalue weighted by Gasteiger charge is -2.39. The minimum absolute atomic E-state index is 0.00310. The van der Waals surface area contributed by atoms with Gasteiger partial charge in [0.25, 0.3) is 16.0 Å². The zero-order valence-corrected chi connectivity index (χ0v) is 18.7. The van der Waals surface area contributed by atoms with Crippen LogP contribution < -0.4 is 0 Å². The molecule has 1 aliphatic heterocycles. The van der Waals surface area contributed by atoms with Crippen molar-refractivity contribution in [2.75, 3.05) is 19.9 Å². The zero-order valence-electron chi connectivity index (χ0n) is 16.9. The first-order valence-electron chi connectivity index (χ1n) is 8.53. The molecule has 0 saturated carbocycles. The van der Waals surface area contributed by atoms with Gasteiger partial charge in [-0.15, -0.1) is 0 Å². The summed E-state index contributed by atoms with van der Waals surface area (Å²) in [6.07, 6.45) is -0.523. The van der Waals surface area contributed by atoms with Crippen LogP contribution in [0.4, 0.5) is 0 Å². The molecule has 26 heavy (non-hydrogen) atoms. The van der Waals surface area contributed by atoms with Crippen molar-refractivity contribution in [2.45, 2.75) is 70.5 Å². The van der Waals surface area contributed by atoms with Gasteiger partial charge in [0.1, 0.15) is 12.1 Å². The molecule has 0 aliphatic carbocycles. The Morgan fingerprint density at radius 2 is 1.77 bits per heavy atom. The molecule has 152 valence electrons. The van der Waals surface area contributed by atoms with Crippen molar-refractivity contribution in [1.82, 2.24) is 4.90 Å². The van der Waals surface area contributed by atoms with E-state index in [4.69, 9.17) is 13.3 Å². The summed E-state index contributed by atoms with van der Waals surface area (Å²) in [5.41, 5.74) is 0. The maximum absolute atomic E-state index is 12.9. The molecular weight excluding hydrogens is 378 g/mol. The Morgan fingerprint density at radius 3 is 2.19 bits per heavy atom. The monoisotopic (exact) mass is 409 g/mol. The van der Waals surface area contributed by atoms with E-state index in [2.05, 4.69) is 20.8 Å². The van der Waals surface area contributed by atoms with Crippen LogP contribution in [0, 0.1) is 0 Å². The quantitative estimate of drug-likeness (QED) is 0.372. The van der Waals surface area contributed by atoms with Gasteiger partial charge in [0.2, 0.25) is 0 Å². The van der Waals surface area contributed by atoms with Gasteiger partial charge in [0.05, 0.1) is 19.5 Å². The molecule has 0 aromatic heterocycles. The van der Waals surface area contributed by atoms with Crippen molar-refractivity contribution in [3.8, 4) is 0 Å². The van der Waals surface area contributed by atoms with Crippen LogP contribution in [0.1, 0.15) is 34.1 Å². The van der Waals surface area contributed by atoms with E-state index < -0.39 is 42.7 Å². The van der Waals surface area contributed by atoms with E-state index in [0.717, 1.165) is 6.26 Å². The van der Waals surface area contributed by atoms with Crippen LogP contribution in [0.15, 0.2) is 0 Å². The summed E-state index contributed by atoms with van der Waals surface area (Å²) >= 11 is 0. The predicted molar refractivity (Wildman–Crippen MR) is 99.6 cm³/mol. The van der Waals surface area contributed by atoms with E-state index in [0.29, 0.717) is 0 Å². The van der Waals surface area contributed by atoms with Crippen molar-refractivity contribution in [3.05, 3.63) is 0 Å². The lowest BCUT2D eigenvalue weighted by atomic mass is 10.2. The van der Waals surface area contributed by atoms with Gasteiger partial charge in [-0.1, -0.05) is 20.8 Å². The molecule has 0 aromatic carbocycles. The summed E-state index contributed by atoms with van der Waals surface area (Å²) in [7, 11) is -4.65. The Hall–Kier alpha value is -0.973. The molecule has 3 atom stereocenters. The molecule has 1 rings (SSSR count). The fourth-order valence-corrected chi connectivity index (χ4v) is 4.59. The number of amides is 1. The number of carbonyl (C=O) groups is 2. The van der Waals surface area contributed by atoms with Crippen molar-refractivity contribution >= 4 is 30.3 Å². The molecule has 0 spiro atoms. The Labute approximate surface area is 157 Å². The van der Waals surface area contributed by atoms with Gasteiger partial charge < -0.3 is 14.1 Å². The van der Waals surface area contributed by atoms with E-state index in [9.17, 15) is 18.0 Å². The zero-order chi connectivity index (χ0) is 20.5. The highest BCUT2D eigenvalue weighted by atomic mass is 32.2. The smallest absolute Gasteiger partial charge is 0.328 e. The second kappa shape index (κ2) is 7.95. The first kappa shape index (κ1) is 23.1. The summed E-state index contributed by atoms with van der Waals surface area (Å²) in [5, 5.41) is -0.0732. The summed E-state index contributed by atoms with van der Waals surface area (Å²) in [5.74, 6) is -0.970. The second-order valence-corrected chi connectivity index (χ2v) is 14.6. The third kappa shape index (κ3) is 5.76. The van der Waals surface area contributed by atoms with E-state index >= 15 is 0 Å². The molecule has 0 bridgehead atoms. The number of likely N-dealkylation sites (tertiary alicyclic amines) is 1. The van der Waals surface area contributed by atoms with Gasteiger partial charge in [-0.2, -0.15) is 8.42 Å². The minimum atomic E-state index is -3.70. The van der Waals surface area contributed by atoms with Crippen LogP contribution in [0.25, 0.3) is 0 Å². The van der Waals surface area contributed by atoms with Crippen LogP contribution in [0.3, 0.4) is 0 Å². The Morgan fingerprint density at radius 1 is 1.23 bits per heavy atom. The van der Waals surface area contributed by atoms with Crippen molar-refractivity contribution in [2.24, 2.45) is 0 Å². The lowest BCUT2D eigenvalue weighted by molar-refractivity contribution is -0.153. The molecule has 1 saturated heterocycles. The van der Waals surface area contributed by atoms with Crippen LogP contribution >= 0.6 is 0 Å². The van der Waals surface area contributed by atoms with Gasteiger partial charge >= 0.3 is 5.97 Å². The standard InChI is InChI=1S/C16H31NO7SSi/c1-11(24-26(7,8)16(2,3)4)14(18)17-10-12(23-25(6,20)21)9-13(17)15(19)22-5/h11-13H,9-10H2,1-8H3/t11-,12+,13-/m0/s1. The van der Waals surface area contributed by atoms with Gasteiger partial charge in [-0.05, 0) is 25.1 Å². The molecule has 1 aliphatic rings. The van der Waals surface area contributed by atoms with Gasteiger partial charge in [0, 0.05) is 13.0 Å². The highest BCUT2D eigenvalue weighted by molar-refractivity contribution is 7.86. The number of ether oxygens (including phenoxy) is 1. The number of methoxy groups -OCH3 is 1. The molecule has 0 radical (unpaired) electrons. The number of carbonyl (C=O) groups excluding carboxylic acids is 2. The van der Waals surface area contributed by atoms with E-state index in [1.165, 1.54) is 12.0 Å². The highest BCUT2D eigenvalue weighted by Crippen LogP contribution is 2.37. The summed E-state index contributed by atoms with van der Waals surface area (Å²) in [6, 6.07) is -0.885. The Balaban J connectivity index is 2.97. The number of hydrogen-bond acceptors (Lipinski definition) is 7. The Bertz CT molecular complexity index is 641. The van der Waals surface area contributed by atoms with Crippen LogP contribution in [0.2, 0.25) is 18.1 Å². The van der Waals surface area contributed by atoms with E-state index in [1.807, 2.05) is 13.1 Å².